The van der Waals surface area contributed by atoms with Gasteiger partial charge in [-0.1, -0.05) is 24.3 Å². The van der Waals surface area contributed by atoms with E-state index in [4.69, 9.17) is 10.6 Å². The molecule has 0 aliphatic rings. The number of hydrazine groups is 1. The van der Waals surface area contributed by atoms with Gasteiger partial charge in [0.1, 0.15) is 12.4 Å². The van der Waals surface area contributed by atoms with Crippen molar-refractivity contribution in [3.8, 4) is 5.75 Å². The lowest BCUT2D eigenvalue weighted by molar-refractivity contribution is -0.122. The Balaban J connectivity index is 1.96. The second kappa shape index (κ2) is 6.85. The molecule has 1 atom stereocenters. The van der Waals surface area contributed by atoms with Crippen LogP contribution in [0.3, 0.4) is 0 Å². The summed E-state index contributed by atoms with van der Waals surface area (Å²) in [6.07, 6.45) is 1.71. The van der Waals surface area contributed by atoms with Crippen LogP contribution in [-0.4, -0.2) is 10.9 Å². The van der Waals surface area contributed by atoms with Gasteiger partial charge in [-0.2, -0.15) is 0 Å². The van der Waals surface area contributed by atoms with Crippen LogP contribution in [0, 0.1) is 6.92 Å². The van der Waals surface area contributed by atoms with Crippen LogP contribution in [0.15, 0.2) is 42.6 Å². The molecule has 0 aliphatic carbocycles. The summed E-state index contributed by atoms with van der Waals surface area (Å²) in [6, 6.07) is 11.5. The number of hydrogen-bond donors (Lipinski definition) is 2. The van der Waals surface area contributed by atoms with E-state index in [1.165, 1.54) is 0 Å². The molecule has 2 rings (SSSR count). The molecule has 5 nitrogen and oxygen atoms in total. The van der Waals surface area contributed by atoms with Gasteiger partial charge in [-0.15, -0.1) is 0 Å². The molecule has 0 radical (unpaired) electrons. The Morgan fingerprint density at radius 2 is 2.00 bits per heavy atom. The quantitative estimate of drug-likeness (QED) is 0.501. The smallest absolute Gasteiger partial charge is 0.241 e. The Kier molecular flexibility index (Phi) is 4.90. The zero-order chi connectivity index (χ0) is 15.2. The van der Waals surface area contributed by atoms with E-state index >= 15 is 0 Å². The first-order chi connectivity index (χ1) is 10.1. The summed E-state index contributed by atoms with van der Waals surface area (Å²) in [5, 5.41) is 0. The van der Waals surface area contributed by atoms with Gasteiger partial charge in [-0.25, -0.2) is 5.84 Å². The minimum Gasteiger partial charge on any atom is -0.487 e. The molecule has 3 N–H and O–H groups in total. The van der Waals surface area contributed by atoms with Crippen molar-refractivity contribution in [2.75, 3.05) is 0 Å². The zero-order valence-electron chi connectivity index (χ0n) is 12.2. The maximum absolute atomic E-state index is 11.5. The number of hydrogen-bond acceptors (Lipinski definition) is 4. The fourth-order valence-corrected chi connectivity index (χ4v) is 1.89. The fraction of sp³-hybridized carbons (Fsp3) is 0.250. The standard InChI is InChI=1S/C16H19N3O2/c1-11-3-8-15(9-18-11)21-10-13-4-6-14(7-5-13)12(2)16(20)19-17/h3-9,12H,10,17H2,1-2H3,(H,19,20). The summed E-state index contributed by atoms with van der Waals surface area (Å²) in [7, 11) is 0. The molecule has 110 valence electrons. The van der Waals surface area contributed by atoms with Crippen LogP contribution in [0.25, 0.3) is 0 Å². The molecule has 21 heavy (non-hydrogen) atoms. The second-order valence-corrected chi connectivity index (χ2v) is 4.90. The number of pyridine rings is 1. The van der Waals surface area contributed by atoms with Crippen molar-refractivity contribution in [2.24, 2.45) is 5.84 Å². The molecule has 1 aromatic heterocycles. The number of nitrogens with zero attached hydrogens (tertiary/aromatic N) is 1. The Labute approximate surface area is 124 Å². The third kappa shape index (κ3) is 4.03. The fourth-order valence-electron chi connectivity index (χ4n) is 1.89. The summed E-state index contributed by atoms with van der Waals surface area (Å²) in [4.78, 5) is 15.6. The van der Waals surface area contributed by atoms with Gasteiger partial charge in [-0.05, 0) is 37.1 Å². The number of aromatic nitrogens is 1. The molecule has 1 aromatic carbocycles. The first-order valence-corrected chi connectivity index (χ1v) is 6.75. The number of nitrogens with two attached hydrogens (primary N) is 1. The monoisotopic (exact) mass is 285 g/mol. The van der Waals surface area contributed by atoms with Crippen molar-refractivity contribution < 1.29 is 9.53 Å². The average Bonchev–Trinajstić information content (AvgIpc) is 2.53. The van der Waals surface area contributed by atoms with E-state index in [1.54, 1.807) is 6.20 Å². The lowest BCUT2D eigenvalue weighted by atomic mass is 9.99. The highest BCUT2D eigenvalue weighted by Gasteiger charge is 2.13. The molecule has 1 unspecified atom stereocenters. The Hall–Kier alpha value is -2.40. The molecule has 2 aromatic rings. The zero-order valence-corrected chi connectivity index (χ0v) is 12.2. The number of ether oxygens (including phenoxy) is 1. The van der Waals surface area contributed by atoms with Crippen molar-refractivity contribution in [3.63, 3.8) is 0 Å². The molecule has 0 fully saturated rings. The van der Waals surface area contributed by atoms with E-state index < -0.39 is 0 Å². The van der Waals surface area contributed by atoms with E-state index in [0.29, 0.717) is 6.61 Å². The number of rotatable bonds is 5. The van der Waals surface area contributed by atoms with Crippen LogP contribution in [0.4, 0.5) is 0 Å². The van der Waals surface area contributed by atoms with Crippen molar-refractivity contribution in [2.45, 2.75) is 26.4 Å². The summed E-state index contributed by atoms with van der Waals surface area (Å²) in [5.74, 6) is 5.40. The van der Waals surface area contributed by atoms with Gasteiger partial charge in [0.15, 0.2) is 0 Å². The van der Waals surface area contributed by atoms with Gasteiger partial charge in [0.25, 0.3) is 0 Å². The van der Waals surface area contributed by atoms with Crippen molar-refractivity contribution in [1.29, 1.82) is 0 Å². The molecule has 0 aliphatic heterocycles. The van der Waals surface area contributed by atoms with Crippen LogP contribution < -0.4 is 16.0 Å². The Bertz CT molecular complexity index is 594. The van der Waals surface area contributed by atoms with Crippen LogP contribution in [-0.2, 0) is 11.4 Å². The number of carbonyl (C=O) groups is 1. The lowest BCUT2D eigenvalue weighted by Gasteiger charge is -2.11. The van der Waals surface area contributed by atoms with Gasteiger partial charge in [0.05, 0.1) is 12.1 Å². The molecular weight excluding hydrogens is 266 g/mol. The third-order valence-electron chi connectivity index (χ3n) is 3.30. The van der Waals surface area contributed by atoms with Gasteiger partial charge >= 0.3 is 0 Å². The summed E-state index contributed by atoms with van der Waals surface area (Å²) < 4.78 is 5.65. The molecule has 0 saturated heterocycles. The Morgan fingerprint density at radius 1 is 1.29 bits per heavy atom. The largest absolute Gasteiger partial charge is 0.487 e. The van der Waals surface area contributed by atoms with E-state index in [1.807, 2.05) is 50.2 Å². The second-order valence-electron chi connectivity index (χ2n) is 4.90. The molecule has 5 heteroatoms. The predicted molar refractivity (Wildman–Crippen MR) is 80.5 cm³/mol. The van der Waals surface area contributed by atoms with Crippen LogP contribution in [0.5, 0.6) is 5.75 Å². The topological polar surface area (TPSA) is 77.2 Å². The molecular formula is C16H19N3O2. The highest BCUT2D eigenvalue weighted by Crippen LogP contribution is 2.17. The van der Waals surface area contributed by atoms with Gasteiger partial charge in [0.2, 0.25) is 5.91 Å². The first kappa shape index (κ1) is 15.0. The molecule has 1 amide bonds. The van der Waals surface area contributed by atoms with Gasteiger partial charge < -0.3 is 4.74 Å². The average molecular weight is 285 g/mol. The Morgan fingerprint density at radius 3 is 2.57 bits per heavy atom. The first-order valence-electron chi connectivity index (χ1n) is 6.75. The minimum absolute atomic E-state index is 0.204. The summed E-state index contributed by atoms with van der Waals surface area (Å²) in [5.41, 5.74) is 5.06. The minimum atomic E-state index is -0.272. The van der Waals surface area contributed by atoms with Crippen molar-refractivity contribution in [3.05, 3.63) is 59.4 Å². The maximum atomic E-state index is 11.5. The van der Waals surface area contributed by atoms with E-state index in [9.17, 15) is 4.79 Å². The van der Waals surface area contributed by atoms with Crippen molar-refractivity contribution in [1.82, 2.24) is 10.4 Å². The molecule has 0 bridgehead atoms. The SMILES string of the molecule is Cc1ccc(OCc2ccc(C(C)C(=O)NN)cc2)cn1. The lowest BCUT2D eigenvalue weighted by Crippen LogP contribution is -2.33. The normalized spacial score (nSPS) is 11.8. The van der Waals surface area contributed by atoms with Crippen LogP contribution >= 0.6 is 0 Å². The number of carbonyl (C=O) groups excluding carboxylic acids is 1. The van der Waals surface area contributed by atoms with E-state index in [0.717, 1.165) is 22.6 Å². The molecule has 0 spiro atoms. The highest BCUT2D eigenvalue weighted by molar-refractivity contribution is 5.82. The molecule has 0 saturated carbocycles. The van der Waals surface area contributed by atoms with Gasteiger partial charge in [0, 0.05) is 5.69 Å². The number of aryl methyl sites for hydroxylation is 1. The highest BCUT2D eigenvalue weighted by atomic mass is 16.5. The number of amides is 1. The number of benzene rings is 1. The summed E-state index contributed by atoms with van der Waals surface area (Å²) in [6.45, 7) is 4.20. The van der Waals surface area contributed by atoms with Gasteiger partial charge in [-0.3, -0.25) is 15.2 Å². The molecule has 1 heterocycles. The van der Waals surface area contributed by atoms with Crippen molar-refractivity contribution >= 4 is 5.91 Å². The predicted octanol–water partition coefficient (Wildman–Crippen LogP) is 2.06. The van der Waals surface area contributed by atoms with Crippen LogP contribution in [0.2, 0.25) is 0 Å². The van der Waals surface area contributed by atoms with E-state index in [-0.39, 0.29) is 11.8 Å². The maximum Gasteiger partial charge on any atom is 0.241 e. The van der Waals surface area contributed by atoms with E-state index in [2.05, 4.69) is 10.4 Å². The van der Waals surface area contributed by atoms with Crippen LogP contribution in [0.1, 0.15) is 29.7 Å². The third-order valence-corrected chi connectivity index (χ3v) is 3.30. The summed E-state index contributed by atoms with van der Waals surface area (Å²) >= 11 is 0. The number of nitrogens with one attached hydrogen (secondary N) is 1.